The highest BCUT2D eigenvalue weighted by Gasteiger charge is 2.44. The summed E-state index contributed by atoms with van der Waals surface area (Å²) >= 11 is 1.57. The topological polar surface area (TPSA) is 48.7 Å². The fraction of sp³-hybridized carbons (Fsp3) is 0.263. The van der Waals surface area contributed by atoms with E-state index in [9.17, 15) is 5.11 Å². The van der Waals surface area contributed by atoms with Gasteiger partial charge in [-0.1, -0.05) is 53.7 Å². The smallest absolute Gasteiger partial charge is 0.175 e. The molecular weight excluding hydrogens is 318 g/mol. The third-order valence-corrected chi connectivity index (χ3v) is 5.18. The van der Waals surface area contributed by atoms with Gasteiger partial charge in [0.05, 0.1) is 12.3 Å². The first kappa shape index (κ1) is 16.7. The lowest BCUT2D eigenvalue weighted by Crippen LogP contribution is -2.45. The Morgan fingerprint density at radius 1 is 1.38 bits per heavy atom. The van der Waals surface area contributed by atoms with Gasteiger partial charge in [-0.3, -0.25) is 9.98 Å². The molecule has 0 bridgehead atoms. The number of aryl methyl sites for hydroxylation is 1. The quantitative estimate of drug-likeness (QED) is 0.849. The van der Waals surface area contributed by atoms with Crippen LogP contribution in [0.25, 0.3) is 0 Å². The average Bonchev–Trinajstić information content (AvgIpc) is 2.92. The molecule has 0 spiro atoms. The van der Waals surface area contributed by atoms with E-state index in [1.807, 2.05) is 54.4 Å². The molecule has 1 fully saturated rings. The molecule has 1 N–H and O–H groups in total. The maximum absolute atomic E-state index is 11.3. The van der Waals surface area contributed by atoms with Gasteiger partial charge in [-0.25, -0.2) is 0 Å². The van der Waals surface area contributed by atoms with Crippen molar-refractivity contribution in [2.45, 2.75) is 19.2 Å². The summed E-state index contributed by atoms with van der Waals surface area (Å²) in [5, 5.41) is 12.1. The summed E-state index contributed by atoms with van der Waals surface area (Å²) in [7, 11) is 0. The van der Waals surface area contributed by atoms with E-state index >= 15 is 0 Å². The molecule has 0 aliphatic carbocycles. The highest BCUT2D eigenvalue weighted by molar-refractivity contribution is 8.14. The third-order valence-electron chi connectivity index (χ3n) is 4.03. The third kappa shape index (κ3) is 3.37. The molecule has 2 aromatic rings. The van der Waals surface area contributed by atoms with E-state index in [4.69, 9.17) is 0 Å². The molecule has 2 heterocycles. The van der Waals surface area contributed by atoms with Crippen molar-refractivity contribution in [2.75, 3.05) is 12.3 Å². The van der Waals surface area contributed by atoms with Crippen LogP contribution in [0.3, 0.4) is 0 Å². The Balaban J connectivity index is 1.87. The van der Waals surface area contributed by atoms with Crippen LogP contribution >= 0.6 is 11.8 Å². The summed E-state index contributed by atoms with van der Waals surface area (Å²) in [4.78, 5) is 10.7. The van der Waals surface area contributed by atoms with E-state index in [-0.39, 0.29) is 0 Å². The van der Waals surface area contributed by atoms with Crippen LogP contribution in [0.4, 0.5) is 0 Å². The van der Waals surface area contributed by atoms with Gasteiger partial charge >= 0.3 is 0 Å². The number of nitrogens with zero attached hydrogens (tertiary/aromatic N) is 3. The molecule has 1 saturated heterocycles. The van der Waals surface area contributed by atoms with E-state index in [1.54, 1.807) is 24.0 Å². The molecule has 0 amide bonds. The molecule has 1 aliphatic heterocycles. The number of amidine groups is 1. The molecular formula is C19H21N3OS. The second-order valence-corrected chi connectivity index (χ2v) is 6.77. The Kier molecular flexibility index (Phi) is 5.02. The number of aliphatic imine (C=N–C) groups is 1. The number of rotatable bonds is 5. The van der Waals surface area contributed by atoms with Gasteiger partial charge < -0.3 is 10.0 Å². The van der Waals surface area contributed by atoms with Crippen molar-refractivity contribution in [3.05, 3.63) is 78.1 Å². The van der Waals surface area contributed by atoms with Crippen molar-refractivity contribution in [3.8, 4) is 0 Å². The van der Waals surface area contributed by atoms with Crippen LogP contribution in [0, 0.1) is 6.92 Å². The minimum atomic E-state index is -1.06. The number of hydrogen-bond acceptors (Lipinski definition) is 4. The molecule has 24 heavy (non-hydrogen) atoms. The van der Waals surface area contributed by atoms with E-state index < -0.39 is 5.72 Å². The van der Waals surface area contributed by atoms with Crippen LogP contribution in [0.15, 0.2) is 66.4 Å². The van der Waals surface area contributed by atoms with Gasteiger partial charge in [0.2, 0.25) is 0 Å². The van der Waals surface area contributed by atoms with Crippen LogP contribution in [0.2, 0.25) is 0 Å². The first-order valence-corrected chi connectivity index (χ1v) is 8.86. The number of pyridine rings is 1. The minimum Gasteiger partial charge on any atom is -0.366 e. The predicted octanol–water partition coefficient (Wildman–Crippen LogP) is 3.33. The predicted molar refractivity (Wildman–Crippen MR) is 99.8 cm³/mol. The lowest BCUT2D eigenvalue weighted by Gasteiger charge is -2.34. The lowest BCUT2D eigenvalue weighted by atomic mass is 10.0. The first-order chi connectivity index (χ1) is 11.6. The van der Waals surface area contributed by atoms with Crippen molar-refractivity contribution in [1.82, 2.24) is 9.88 Å². The van der Waals surface area contributed by atoms with Crippen molar-refractivity contribution >= 4 is 16.9 Å². The molecule has 1 aromatic carbocycles. The summed E-state index contributed by atoms with van der Waals surface area (Å²) in [6, 6.07) is 11.9. The fourth-order valence-electron chi connectivity index (χ4n) is 2.68. The molecule has 1 aromatic heterocycles. The van der Waals surface area contributed by atoms with Gasteiger partial charge in [-0.2, -0.15) is 0 Å². The van der Waals surface area contributed by atoms with Crippen molar-refractivity contribution in [3.63, 3.8) is 0 Å². The number of hydrogen-bond donors (Lipinski definition) is 1. The maximum Gasteiger partial charge on any atom is 0.175 e. The molecule has 5 heteroatoms. The zero-order valence-corrected chi connectivity index (χ0v) is 14.5. The van der Waals surface area contributed by atoms with Gasteiger partial charge in [0.25, 0.3) is 0 Å². The van der Waals surface area contributed by atoms with Crippen LogP contribution in [-0.4, -0.2) is 32.5 Å². The van der Waals surface area contributed by atoms with Gasteiger partial charge in [0.1, 0.15) is 0 Å². The van der Waals surface area contributed by atoms with Crippen molar-refractivity contribution in [2.24, 2.45) is 4.99 Å². The second kappa shape index (κ2) is 7.20. The summed E-state index contributed by atoms with van der Waals surface area (Å²) in [5.74, 6) is 0.551. The largest absolute Gasteiger partial charge is 0.366 e. The lowest BCUT2D eigenvalue weighted by molar-refractivity contribution is -0.0423. The Morgan fingerprint density at radius 2 is 2.17 bits per heavy atom. The molecule has 0 radical (unpaired) electrons. The first-order valence-electron chi connectivity index (χ1n) is 7.88. The molecule has 3 rings (SSSR count). The molecule has 4 nitrogen and oxygen atoms in total. The van der Waals surface area contributed by atoms with Crippen LogP contribution < -0.4 is 0 Å². The Hall–Kier alpha value is -2.11. The van der Waals surface area contributed by atoms with E-state index in [2.05, 4.69) is 16.6 Å². The number of aromatic nitrogens is 1. The molecule has 1 aliphatic rings. The number of benzene rings is 1. The van der Waals surface area contributed by atoms with Gasteiger partial charge in [-0.15, -0.1) is 6.58 Å². The monoisotopic (exact) mass is 339 g/mol. The SMILES string of the molecule is C=CCN1C(=NCc2cccnc2)SCC1(O)c1ccc(C)cc1. The summed E-state index contributed by atoms with van der Waals surface area (Å²) in [5.41, 5.74) is 2.05. The molecule has 124 valence electrons. The zero-order valence-electron chi connectivity index (χ0n) is 13.7. The van der Waals surface area contributed by atoms with Crippen LogP contribution in [-0.2, 0) is 12.3 Å². The number of aliphatic hydroxyl groups is 1. The molecule has 1 atom stereocenters. The fourth-order valence-corrected chi connectivity index (χ4v) is 3.87. The standard InChI is InChI=1S/C19H21N3OS/c1-3-11-22-18(21-13-16-5-4-10-20-12-16)24-14-19(22,23)17-8-6-15(2)7-9-17/h3-10,12,23H,1,11,13-14H2,2H3. The highest BCUT2D eigenvalue weighted by Crippen LogP contribution is 2.39. The summed E-state index contributed by atoms with van der Waals surface area (Å²) in [6.07, 6.45) is 5.36. The number of thioether (sulfide) groups is 1. The zero-order chi connectivity index (χ0) is 17.0. The van der Waals surface area contributed by atoms with Crippen molar-refractivity contribution < 1.29 is 5.11 Å². The Morgan fingerprint density at radius 3 is 2.83 bits per heavy atom. The average molecular weight is 339 g/mol. The van der Waals surface area contributed by atoms with Crippen LogP contribution in [0.5, 0.6) is 0 Å². The molecule has 1 unspecified atom stereocenters. The van der Waals surface area contributed by atoms with E-state index in [0.717, 1.165) is 16.3 Å². The Bertz CT molecular complexity index is 730. The second-order valence-electron chi connectivity index (χ2n) is 5.83. The summed E-state index contributed by atoms with van der Waals surface area (Å²) in [6.45, 7) is 6.96. The van der Waals surface area contributed by atoms with E-state index in [0.29, 0.717) is 18.8 Å². The van der Waals surface area contributed by atoms with E-state index in [1.165, 1.54) is 5.56 Å². The minimum absolute atomic E-state index is 0.545. The molecule has 0 saturated carbocycles. The van der Waals surface area contributed by atoms with Gasteiger partial charge in [0.15, 0.2) is 10.9 Å². The van der Waals surface area contributed by atoms with Crippen molar-refractivity contribution in [1.29, 1.82) is 0 Å². The summed E-state index contributed by atoms with van der Waals surface area (Å²) < 4.78 is 0. The normalized spacial score (nSPS) is 22.1. The van der Waals surface area contributed by atoms with Gasteiger partial charge in [0, 0.05) is 24.5 Å². The van der Waals surface area contributed by atoms with Crippen LogP contribution in [0.1, 0.15) is 16.7 Å². The maximum atomic E-state index is 11.3. The highest BCUT2D eigenvalue weighted by atomic mass is 32.2. The van der Waals surface area contributed by atoms with Gasteiger partial charge in [-0.05, 0) is 18.6 Å². The Labute approximate surface area is 147 Å².